The summed E-state index contributed by atoms with van der Waals surface area (Å²) in [5.41, 5.74) is 1.20. The summed E-state index contributed by atoms with van der Waals surface area (Å²) in [6.07, 6.45) is -2.13. The molecule has 236 valence electrons. The molecule has 0 spiro atoms. The van der Waals surface area contributed by atoms with E-state index in [1.165, 1.54) is 12.1 Å². The Morgan fingerprint density at radius 3 is 2.00 bits per heavy atom. The number of methoxy groups -OCH3 is 2. The van der Waals surface area contributed by atoms with Gasteiger partial charge in [-0.2, -0.15) is 0 Å². The number of hydrogen-bond donors (Lipinski definition) is 2. The summed E-state index contributed by atoms with van der Waals surface area (Å²) in [5.74, 6) is 1.33. The number of hydrogen-bond acceptors (Lipinski definition) is 8. The van der Waals surface area contributed by atoms with Crippen LogP contribution in [0.4, 0.5) is 0 Å². The van der Waals surface area contributed by atoms with E-state index in [0.717, 1.165) is 16.7 Å². The number of para-hydroxylation sites is 1. The molecule has 1 aliphatic heterocycles. The molecular weight excluding hydrogens is 621 g/mol. The summed E-state index contributed by atoms with van der Waals surface area (Å²) in [4.78, 5) is 22.0. The molecule has 1 saturated heterocycles. The highest BCUT2D eigenvalue weighted by Gasteiger charge is 2.45. The van der Waals surface area contributed by atoms with Gasteiger partial charge in [0.15, 0.2) is 0 Å². The number of phosphoric acid groups is 1. The Labute approximate surface area is 266 Å². The van der Waals surface area contributed by atoms with Gasteiger partial charge in [0.05, 0.1) is 25.8 Å². The number of ether oxygens (including phenoxy) is 4. The number of carbonyl (C=O) groups excluding carboxylic acids is 1. The van der Waals surface area contributed by atoms with Crippen LogP contribution in [0.2, 0.25) is 5.02 Å². The van der Waals surface area contributed by atoms with Gasteiger partial charge in [-0.25, -0.2) is 4.57 Å². The van der Waals surface area contributed by atoms with E-state index >= 15 is 0 Å². The highest BCUT2D eigenvalue weighted by molar-refractivity contribution is 7.47. The highest BCUT2D eigenvalue weighted by Crippen LogP contribution is 2.49. The molecule has 5 rings (SSSR count). The van der Waals surface area contributed by atoms with Gasteiger partial charge in [0.2, 0.25) is 6.41 Å². The van der Waals surface area contributed by atoms with Gasteiger partial charge in [0, 0.05) is 6.42 Å². The van der Waals surface area contributed by atoms with Crippen molar-refractivity contribution in [3.63, 3.8) is 0 Å². The number of halogens is 1. The standard InChI is InChI=1S/C33H33ClNO9P/c1-39-26-16-12-24(13-17-26)33(23-8-4-3-5-9-23,25-14-18-27(40-2)19-15-25)41-21-31-30(20-32(42-31)35-22-36)44-45(37,38)43-29-11-7-6-10-28(29)34/h3-19,22,30-32H,20-21H2,1-2H3,(H,35,36)(H,37,38)/t30-,31+,32+/m0/s1. The zero-order valence-electron chi connectivity index (χ0n) is 24.6. The van der Waals surface area contributed by atoms with Crippen molar-refractivity contribution < 1.29 is 42.2 Å². The van der Waals surface area contributed by atoms with Crippen LogP contribution in [0.15, 0.2) is 103 Å². The Morgan fingerprint density at radius 1 is 0.889 bits per heavy atom. The predicted octanol–water partition coefficient (Wildman–Crippen LogP) is 6.09. The molecule has 2 N–H and O–H groups in total. The van der Waals surface area contributed by atoms with Crippen molar-refractivity contribution in [1.29, 1.82) is 0 Å². The number of rotatable bonds is 14. The molecule has 1 unspecified atom stereocenters. The molecule has 1 amide bonds. The second-order valence-electron chi connectivity index (χ2n) is 10.1. The van der Waals surface area contributed by atoms with Crippen LogP contribution in [-0.4, -0.2) is 50.6 Å². The SMILES string of the molecule is COc1ccc(C(OC[C@H]2O[C@@H](NC=O)C[C@@H]2OP(=O)(O)Oc2ccccc2Cl)(c2ccccc2)c2ccc(OC)cc2)cc1. The minimum atomic E-state index is -4.69. The normalized spacial score (nSPS) is 19.3. The lowest BCUT2D eigenvalue weighted by atomic mass is 9.80. The summed E-state index contributed by atoms with van der Waals surface area (Å²) in [6.45, 7) is -0.110. The number of nitrogens with one attached hydrogen (secondary N) is 1. The molecule has 0 radical (unpaired) electrons. The van der Waals surface area contributed by atoms with Gasteiger partial charge in [0.25, 0.3) is 0 Å². The van der Waals surface area contributed by atoms with Crippen molar-refractivity contribution in [2.24, 2.45) is 0 Å². The zero-order valence-corrected chi connectivity index (χ0v) is 26.2. The topological polar surface area (TPSA) is 122 Å². The molecule has 4 atom stereocenters. The average molecular weight is 654 g/mol. The lowest BCUT2D eigenvalue weighted by Gasteiger charge is -2.37. The fraction of sp³-hybridized carbons (Fsp3) is 0.242. The largest absolute Gasteiger partial charge is 0.527 e. The Bertz CT molecular complexity index is 1560. The molecule has 0 bridgehead atoms. The third kappa shape index (κ3) is 7.50. The van der Waals surface area contributed by atoms with E-state index < -0.39 is 31.9 Å². The van der Waals surface area contributed by atoms with E-state index in [4.69, 9.17) is 39.6 Å². The molecule has 1 fully saturated rings. The van der Waals surface area contributed by atoms with Crippen molar-refractivity contribution in [1.82, 2.24) is 5.32 Å². The maximum absolute atomic E-state index is 13.1. The molecule has 1 aliphatic rings. The van der Waals surface area contributed by atoms with Crippen LogP contribution >= 0.6 is 19.4 Å². The maximum atomic E-state index is 13.1. The molecule has 1 heterocycles. The minimum Gasteiger partial charge on any atom is -0.497 e. The number of benzene rings is 4. The first-order valence-corrected chi connectivity index (χ1v) is 15.9. The quantitative estimate of drug-likeness (QED) is 0.0946. The van der Waals surface area contributed by atoms with Crippen LogP contribution in [-0.2, 0) is 29.0 Å². The van der Waals surface area contributed by atoms with E-state index in [0.29, 0.717) is 17.9 Å². The molecule has 0 saturated carbocycles. The van der Waals surface area contributed by atoms with Crippen LogP contribution < -0.4 is 19.3 Å². The molecule has 10 nitrogen and oxygen atoms in total. The maximum Gasteiger partial charge on any atom is 0.527 e. The van der Waals surface area contributed by atoms with E-state index in [9.17, 15) is 14.3 Å². The van der Waals surface area contributed by atoms with E-state index in [-0.39, 0.29) is 23.8 Å². The van der Waals surface area contributed by atoms with Crippen LogP contribution in [0.25, 0.3) is 0 Å². The third-order valence-electron chi connectivity index (χ3n) is 7.41. The second kappa shape index (κ2) is 14.5. The van der Waals surface area contributed by atoms with Crippen LogP contribution in [0.3, 0.4) is 0 Å². The van der Waals surface area contributed by atoms with Gasteiger partial charge in [0.1, 0.15) is 41.3 Å². The zero-order chi connectivity index (χ0) is 31.9. The monoisotopic (exact) mass is 653 g/mol. The predicted molar refractivity (Wildman–Crippen MR) is 168 cm³/mol. The van der Waals surface area contributed by atoms with Crippen LogP contribution in [0.5, 0.6) is 17.2 Å². The smallest absolute Gasteiger partial charge is 0.497 e. The van der Waals surface area contributed by atoms with Crippen LogP contribution in [0.1, 0.15) is 23.1 Å². The Balaban J connectivity index is 1.51. The number of carbonyl (C=O) groups is 1. The van der Waals surface area contributed by atoms with Gasteiger partial charge in [-0.15, -0.1) is 0 Å². The van der Waals surface area contributed by atoms with Gasteiger partial charge < -0.3 is 28.8 Å². The lowest BCUT2D eigenvalue weighted by Crippen LogP contribution is -2.38. The van der Waals surface area contributed by atoms with Crippen molar-refractivity contribution in [3.05, 3.63) is 125 Å². The fourth-order valence-electron chi connectivity index (χ4n) is 5.27. The van der Waals surface area contributed by atoms with Crippen LogP contribution in [0, 0.1) is 0 Å². The number of phosphoric ester groups is 1. The second-order valence-corrected chi connectivity index (χ2v) is 11.9. The molecule has 4 aromatic carbocycles. The Morgan fingerprint density at radius 2 is 1.44 bits per heavy atom. The molecule has 45 heavy (non-hydrogen) atoms. The Kier molecular flexibility index (Phi) is 10.5. The minimum absolute atomic E-state index is 0.0126. The first kappa shape index (κ1) is 32.5. The summed E-state index contributed by atoms with van der Waals surface area (Å²) in [7, 11) is -1.51. The van der Waals surface area contributed by atoms with Crippen molar-refractivity contribution in [2.75, 3.05) is 20.8 Å². The Hall–Kier alpha value is -3.89. The summed E-state index contributed by atoms with van der Waals surface area (Å²) in [6, 6.07) is 30.9. The molecule has 0 aromatic heterocycles. The van der Waals surface area contributed by atoms with E-state index in [2.05, 4.69) is 5.32 Å². The molecule has 4 aromatic rings. The lowest BCUT2D eigenvalue weighted by molar-refractivity contribution is -0.116. The first-order valence-electron chi connectivity index (χ1n) is 14.1. The molecule has 12 heteroatoms. The van der Waals surface area contributed by atoms with E-state index in [1.807, 2.05) is 78.9 Å². The first-order chi connectivity index (χ1) is 21.8. The fourth-order valence-corrected chi connectivity index (χ4v) is 6.52. The van der Waals surface area contributed by atoms with Gasteiger partial charge >= 0.3 is 7.82 Å². The number of amides is 1. The average Bonchev–Trinajstić information content (AvgIpc) is 3.43. The summed E-state index contributed by atoms with van der Waals surface area (Å²) in [5, 5.41) is 2.71. The third-order valence-corrected chi connectivity index (χ3v) is 8.69. The van der Waals surface area contributed by atoms with Crippen molar-refractivity contribution in [2.45, 2.75) is 30.5 Å². The van der Waals surface area contributed by atoms with Gasteiger partial charge in [-0.3, -0.25) is 14.2 Å². The summed E-state index contributed by atoms with van der Waals surface area (Å²) < 4.78 is 47.8. The van der Waals surface area contributed by atoms with Gasteiger partial charge in [-0.05, 0) is 53.1 Å². The molecule has 0 aliphatic carbocycles. The summed E-state index contributed by atoms with van der Waals surface area (Å²) >= 11 is 6.13. The molecular formula is C33H33ClNO9P. The van der Waals surface area contributed by atoms with Crippen molar-refractivity contribution in [3.8, 4) is 17.2 Å². The van der Waals surface area contributed by atoms with Gasteiger partial charge in [-0.1, -0.05) is 78.3 Å². The highest BCUT2D eigenvalue weighted by atomic mass is 35.5. The van der Waals surface area contributed by atoms with Crippen molar-refractivity contribution >= 4 is 25.8 Å². The van der Waals surface area contributed by atoms with E-state index in [1.54, 1.807) is 26.4 Å².